The molecule has 0 heterocycles. The van der Waals surface area contributed by atoms with Gasteiger partial charge in [0.15, 0.2) is 0 Å². The lowest BCUT2D eigenvalue weighted by Crippen LogP contribution is -2.06. The maximum Gasteiger partial charge on any atom is 0.134 e. The predicted molar refractivity (Wildman–Crippen MR) is 76.2 cm³/mol. The number of rotatable bonds is 4. The summed E-state index contributed by atoms with van der Waals surface area (Å²) in [4.78, 5) is 0. The van der Waals surface area contributed by atoms with E-state index in [9.17, 15) is 4.39 Å². The summed E-state index contributed by atoms with van der Waals surface area (Å²) in [6.07, 6.45) is 0. The summed E-state index contributed by atoms with van der Waals surface area (Å²) in [6, 6.07) is 10.3. The van der Waals surface area contributed by atoms with E-state index in [2.05, 4.69) is 5.32 Å². The second kappa shape index (κ2) is 6.04. The van der Waals surface area contributed by atoms with E-state index < -0.39 is 0 Å². The highest BCUT2D eigenvalue weighted by atomic mass is 35.5. The van der Waals surface area contributed by atoms with Crippen molar-refractivity contribution in [3.63, 3.8) is 0 Å². The third-order valence-electron chi connectivity index (χ3n) is 2.91. The van der Waals surface area contributed by atoms with Gasteiger partial charge in [0, 0.05) is 23.2 Å². The molecule has 0 amide bonds. The molecule has 0 atom stereocenters. The quantitative estimate of drug-likeness (QED) is 0.917. The Morgan fingerprint density at radius 3 is 2.58 bits per heavy atom. The number of hydrogen-bond acceptors (Lipinski definition) is 2. The van der Waals surface area contributed by atoms with E-state index in [4.69, 9.17) is 16.3 Å². The minimum atomic E-state index is -0.320. The van der Waals surface area contributed by atoms with Gasteiger partial charge in [-0.1, -0.05) is 17.7 Å². The number of benzene rings is 2. The molecular weight excluding hydrogens is 265 g/mol. The summed E-state index contributed by atoms with van der Waals surface area (Å²) in [6.45, 7) is 0.651. The summed E-state index contributed by atoms with van der Waals surface area (Å²) in [5, 5.41) is 3.65. The summed E-state index contributed by atoms with van der Waals surface area (Å²) in [5.41, 5.74) is 2.31. The molecule has 0 aliphatic carbocycles. The molecule has 2 aromatic rings. The van der Waals surface area contributed by atoms with Gasteiger partial charge >= 0.3 is 0 Å². The van der Waals surface area contributed by atoms with Gasteiger partial charge in [-0.15, -0.1) is 0 Å². The highest BCUT2D eigenvalue weighted by Gasteiger charge is 2.11. The summed E-state index contributed by atoms with van der Waals surface area (Å²) < 4.78 is 19.1. The van der Waals surface area contributed by atoms with Crippen molar-refractivity contribution in [2.75, 3.05) is 14.2 Å². The van der Waals surface area contributed by atoms with Crippen LogP contribution in [0.3, 0.4) is 0 Å². The summed E-state index contributed by atoms with van der Waals surface area (Å²) in [7, 11) is 3.36. The summed E-state index contributed by atoms with van der Waals surface area (Å²) >= 11 is 6.01. The lowest BCUT2D eigenvalue weighted by molar-refractivity contribution is 0.411. The Kier molecular flexibility index (Phi) is 4.40. The van der Waals surface area contributed by atoms with E-state index >= 15 is 0 Å². The van der Waals surface area contributed by atoms with Crippen molar-refractivity contribution in [2.45, 2.75) is 6.54 Å². The first-order chi connectivity index (χ1) is 9.15. The molecule has 1 N–H and O–H groups in total. The van der Waals surface area contributed by atoms with Crippen molar-refractivity contribution in [1.29, 1.82) is 0 Å². The number of ether oxygens (including phenoxy) is 1. The predicted octanol–water partition coefficient (Wildman–Crippen LogP) is 3.87. The molecule has 0 aromatic heterocycles. The zero-order valence-corrected chi connectivity index (χ0v) is 11.6. The van der Waals surface area contributed by atoms with Gasteiger partial charge in [0.1, 0.15) is 11.6 Å². The first-order valence-corrected chi connectivity index (χ1v) is 6.30. The zero-order valence-electron chi connectivity index (χ0n) is 10.8. The van der Waals surface area contributed by atoms with Crippen molar-refractivity contribution in [3.8, 4) is 16.9 Å². The molecule has 0 aliphatic rings. The molecule has 0 radical (unpaired) electrons. The Balaban J connectivity index is 2.54. The number of nitrogens with one attached hydrogen (secondary N) is 1. The van der Waals surface area contributed by atoms with Gasteiger partial charge < -0.3 is 10.1 Å². The number of halogens is 2. The second-order valence-corrected chi connectivity index (χ2v) is 4.61. The van der Waals surface area contributed by atoms with Crippen LogP contribution in [0.15, 0.2) is 36.4 Å². The molecule has 2 rings (SSSR count). The van der Waals surface area contributed by atoms with E-state index in [-0.39, 0.29) is 5.82 Å². The third kappa shape index (κ3) is 3.06. The molecule has 0 bridgehead atoms. The van der Waals surface area contributed by atoms with Gasteiger partial charge in [-0.3, -0.25) is 0 Å². The van der Waals surface area contributed by atoms with Gasteiger partial charge in [0.2, 0.25) is 0 Å². The van der Waals surface area contributed by atoms with Crippen molar-refractivity contribution < 1.29 is 9.13 Å². The molecule has 0 unspecified atom stereocenters. The standard InChI is InChI=1S/C15H15ClFNO/c1-18-9-10-3-4-11(16)7-14(10)13-6-5-12(19-2)8-15(13)17/h3-8,18H,9H2,1-2H3. The van der Waals surface area contributed by atoms with E-state index in [1.807, 2.05) is 13.1 Å². The van der Waals surface area contributed by atoms with E-state index in [0.29, 0.717) is 22.9 Å². The van der Waals surface area contributed by atoms with E-state index in [1.54, 1.807) is 24.3 Å². The average Bonchev–Trinajstić information content (AvgIpc) is 2.41. The van der Waals surface area contributed by atoms with Crippen LogP contribution in [0, 0.1) is 5.82 Å². The molecule has 0 aliphatic heterocycles. The van der Waals surface area contributed by atoms with Gasteiger partial charge in [-0.25, -0.2) is 4.39 Å². The maximum absolute atomic E-state index is 14.1. The van der Waals surface area contributed by atoms with Crippen LogP contribution in [0.4, 0.5) is 4.39 Å². The Morgan fingerprint density at radius 2 is 1.95 bits per heavy atom. The SMILES string of the molecule is CNCc1ccc(Cl)cc1-c1ccc(OC)cc1F. The Morgan fingerprint density at radius 1 is 1.16 bits per heavy atom. The lowest BCUT2D eigenvalue weighted by Gasteiger charge is -2.12. The number of methoxy groups -OCH3 is 1. The van der Waals surface area contributed by atoms with Crippen LogP contribution >= 0.6 is 11.6 Å². The van der Waals surface area contributed by atoms with Crippen LogP contribution in [0.25, 0.3) is 11.1 Å². The number of hydrogen-bond donors (Lipinski definition) is 1. The molecule has 2 nitrogen and oxygen atoms in total. The van der Waals surface area contributed by atoms with Crippen LogP contribution in [0.5, 0.6) is 5.75 Å². The molecule has 0 saturated carbocycles. The highest BCUT2D eigenvalue weighted by molar-refractivity contribution is 6.30. The largest absolute Gasteiger partial charge is 0.497 e. The van der Waals surface area contributed by atoms with Crippen LogP contribution in [-0.2, 0) is 6.54 Å². The minimum Gasteiger partial charge on any atom is -0.497 e. The van der Waals surface area contributed by atoms with Gasteiger partial charge in [0.25, 0.3) is 0 Å². The van der Waals surface area contributed by atoms with Crippen molar-refractivity contribution in [2.24, 2.45) is 0 Å². The fourth-order valence-electron chi connectivity index (χ4n) is 1.99. The Bertz CT molecular complexity index is 586. The van der Waals surface area contributed by atoms with Crippen LogP contribution < -0.4 is 10.1 Å². The first-order valence-electron chi connectivity index (χ1n) is 5.92. The highest BCUT2D eigenvalue weighted by Crippen LogP contribution is 2.31. The molecule has 100 valence electrons. The smallest absolute Gasteiger partial charge is 0.134 e. The molecule has 0 fully saturated rings. The van der Waals surface area contributed by atoms with Gasteiger partial charge in [-0.2, -0.15) is 0 Å². The molecule has 0 spiro atoms. The van der Waals surface area contributed by atoms with Crippen LogP contribution in [-0.4, -0.2) is 14.2 Å². The molecule has 0 saturated heterocycles. The molecule has 2 aromatic carbocycles. The minimum absolute atomic E-state index is 0.320. The monoisotopic (exact) mass is 279 g/mol. The molecule has 19 heavy (non-hydrogen) atoms. The average molecular weight is 280 g/mol. The van der Waals surface area contributed by atoms with Crippen LogP contribution in [0.2, 0.25) is 5.02 Å². The topological polar surface area (TPSA) is 21.3 Å². The fraction of sp³-hybridized carbons (Fsp3) is 0.200. The Labute approximate surface area is 117 Å². The third-order valence-corrected chi connectivity index (χ3v) is 3.14. The fourth-order valence-corrected chi connectivity index (χ4v) is 2.16. The normalized spacial score (nSPS) is 10.5. The van der Waals surface area contributed by atoms with Gasteiger partial charge in [-0.05, 0) is 42.4 Å². The van der Waals surface area contributed by atoms with Crippen molar-refractivity contribution >= 4 is 11.6 Å². The van der Waals surface area contributed by atoms with E-state index in [0.717, 1.165) is 11.1 Å². The van der Waals surface area contributed by atoms with Crippen molar-refractivity contribution in [3.05, 3.63) is 52.8 Å². The first kappa shape index (κ1) is 13.8. The van der Waals surface area contributed by atoms with E-state index in [1.165, 1.54) is 13.2 Å². The molecule has 4 heteroatoms. The van der Waals surface area contributed by atoms with Crippen molar-refractivity contribution in [1.82, 2.24) is 5.32 Å². The van der Waals surface area contributed by atoms with Gasteiger partial charge in [0.05, 0.1) is 7.11 Å². The Hall–Kier alpha value is -1.58. The second-order valence-electron chi connectivity index (χ2n) is 4.18. The summed E-state index contributed by atoms with van der Waals surface area (Å²) in [5.74, 6) is 0.178. The maximum atomic E-state index is 14.1. The lowest BCUT2D eigenvalue weighted by atomic mass is 9.99. The van der Waals surface area contributed by atoms with Crippen LogP contribution in [0.1, 0.15) is 5.56 Å². The molecular formula is C15H15ClFNO. The zero-order chi connectivity index (χ0) is 13.8.